The van der Waals surface area contributed by atoms with Gasteiger partial charge in [0.15, 0.2) is 0 Å². The molecule has 2 N–H and O–H groups in total. The van der Waals surface area contributed by atoms with Crippen molar-refractivity contribution in [2.75, 3.05) is 0 Å². The molecule has 0 aliphatic heterocycles. The molecule has 0 atom stereocenters. The Kier molecular flexibility index (Phi) is 6.77. The van der Waals surface area contributed by atoms with Gasteiger partial charge >= 0.3 is 0 Å². The standard InChI is InChI=1S/C27H40O2/c1-10-17-13-24(28)22(26(4,5)6)15-20(17)19(12-3)21-16-23(27(7,8)9)25(29)14-18(21)11-2/h13-16,19,28-29H,10-12H2,1-9H3. The van der Waals surface area contributed by atoms with E-state index in [4.69, 9.17) is 0 Å². The van der Waals surface area contributed by atoms with E-state index in [-0.39, 0.29) is 16.7 Å². The summed E-state index contributed by atoms with van der Waals surface area (Å²) in [6, 6.07) is 8.39. The zero-order chi connectivity index (χ0) is 22.1. The quantitative estimate of drug-likeness (QED) is 0.554. The van der Waals surface area contributed by atoms with Crippen molar-refractivity contribution < 1.29 is 10.2 Å². The molecule has 2 heteroatoms. The van der Waals surface area contributed by atoms with Gasteiger partial charge in [0.25, 0.3) is 0 Å². The molecule has 0 aliphatic rings. The Balaban J connectivity index is 2.80. The third-order valence-electron chi connectivity index (χ3n) is 6.05. The predicted octanol–water partition coefficient (Wildman–Crippen LogP) is 7.36. The minimum Gasteiger partial charge on any atom is -0.508 e. The highest BCUT2D eigenvalue weighted by atomic mass is 16.3. The molecule has 0 aromatic heterocycles. The molecule has 2 rings (SSSR count). The van der Waals surface area contributed by atoms with Crippen LogP contribution in [0.3, 0.4) is 0 Å². The number of benzene rings is 2. The summed E-state index contributed by atoms with van der Waals surface area (Å²) >= 11 is 0. The molecule has 0 saturated heterocycles. The SMILES string of the molecule is CCc1cc(O)c(C(C)(C)C)cc1C(CC)c1cc(C(C)(C)C)c(O)cc1CC. The van der Waals surface area contributed by atoms with Crippen molar-refractivity contribution in [3.63, 3.8) is 0 Å². The second kappa shape index (κ2) is 8.42. The summed E-state index contributed by atoms with van der Waals surface area (Å²) in [5, 5.41) is 21.3. The molecule has 2 aromatic rings. The van der Waals surface area contributed by atoms with Crippen molar-refractivity contribution in [3.8, 4) is 11.5 Å². The van der Waals surface area contributed by atoms with Gasteiger partial charge in [-0.15, -0.1) is 0 Å². The molecule has 0 bridgehead atoms. The maximum Gasteiger partial charge on any atom is 0.119 e. The highest BCUT2D eigenvalue weighted by Crippen LogP contribution is 2.42. The number of hydrogen-bond donors (Lipinski definition) is 2. The molecule has 29 heavy (non-hydrogen) atoms. The third-order valence-corrected chi connectivity index (χ3v) is 6.05. The Morgan fingerprint density at radius 1 is 0.655 bits per heavy atom. The van der Waals surface area contributed by atoms with Gasteiger partial charge in [-0.25, -0.2) is 0 Å². The van der Waals surface area contributed by atoms with E-state index in [1.165, 1.54) is 22.3 Å². The normalized spacial score (nSPS) is 12.6. The van der Waals surface area contributed by atoms with Crippen LogP contribution in [0.2, 0.25) is 0 Å². The summed E-state index contributed by atoms with van der Waals surface area (Å²) < 4.78 is 0. The van der Waals surface area contributed by atoms with Gasteiger partial charge in [-0.2, -0.15) is 0 Å². The second-order valence-electron chi connectivity index (χ2n) is 10.3. The lowest BCUT2D eigenvalue weighted by atomic mass is 9.76. The van der Waals surface area contributed by atoms with Crippen molar-refractivity contribution in [3.05, 3.63) is 57.6 Å². The Morgan fingerprint density at radius 2 is 1.00 bits per heavy atom. The smallest absolute Gasteiger partial charge is 0.119 e. The average molecular weight is 397 g/mol. The van der Waals surface area contributed by atoms with Crippen LogP contribution in [0.5, 0.6) is 11.5 Å². The number of aromatic hydroxyl groups is 2. The zero-order valence-electron chi connectivity index (χ0n) is 19.9. The maximum absolute atomic E-state index is 10.7. The third kappa shape index (κ3) is 4.79. The highest BCUT2D eigenvalue weighted by Gasteiger charge is 2.27. The van der Waals surface area contributed by atoms with Crippen molar-refractivity contribution in [2.24, 2.45) is 0 Å². The summed E-state index contributed by atoms with van der Waals surface area (Å²) in [5.41, 5.74) is 6.76. The lowest BCUT2D eigenvalue weighted by Gasteiger charge is -2.29. The summed E-state index contributed by atoms with van der Waals surface area (Å²) in [7, 11) is 0. The summed E-state index contributed by atoms with van der Waals surface area (Å²) in [4.78, 5) is 0. The Morgan fingerprint density at radius 3 is 1.24 bits per heavy atom. The van der Waals surface area contributed by atoms with Crippen molar-refractivity contribution in [1.82, 2.24) is 0 Å². The fraction of sp³-hybridized carbons (Fsp3) is 0.556. The number of hydrogen-bond acceptors (Lipinski definition) is 2. The molecule has 0 aliphatic carbocycles. The van der Waals surface area contributed by atoms with Crippen molar-refractivity contribution in [1.29, 1.82) is 0 Å². The van der Waals surface area contributed by atoms with E-state index in [9.17, 15) is 10.2 Å². The molecule has 2 nitrogen and oxygen atoms in total. The van der Waals surface area contributed by atoms with Gasteiger partial charge in [0.1, 0.15) is 11.5 Å². The molecule has 0 spiro atoms. The van der Waals surface area contributed by atoms with Gasteiger partial charge in [0.05, 0.1) is 0 Å². The Hall–Kier alpha value is -1.96. The van der Waals surface area contributed by atoms with Crippen LogP contribution < -0.4 is 0 Å². The Bertz CT molecular complexity index is 792. The lowest BCUT2D eigenvalue weighted by Crippen LogP contribution is -2.16. The first-order valence-electron chi connectivity index (χ1n) is 11.1. The molecule has 0 amide bonds. The predicted molar refractivity (Wildman–Crippen MR) is 125 cm³/mol. The van der Waals surface area contributed by atoms with E-state index in [1.54, 1.807) is 0 Å². The molecule has 0 heterocycles. The first-order valence-corrected chi connectivity index (χ1v) is 11.1. The van der Waals surface area contributed by atoms with Crippen LogP contribution in [0.1, 0.15) is 108 Å². The van der Waals surface area contributed by atoms with Crippen molar-refractivity contribution in [2.45, 2.75) is 98.3 Å². The molecular formula is C27H40O2. The number of rotatable bonds is 5. The summed E-state index contributed by atoms with van der Waals surface area (Å²) in [5.74, 6) is 1.03. The molecule has 0 fully saturated rings. The molecule has 160 valence electrons. The molecule has 0 radical (unpaired) electrons. The summed E-state index contributed by atoms with van der Waals surface area (Å²) in [6.07, 6.45) is 2.74. The fourth-order valence-electron chi connectivity index (χ4n) is 4.37. The number of phenolic OH excluding ortho intramolecular Hbond substituents is 2. The van der Waals surface area contributed by atoms with Gasteiger partial charge < -0.3 is 10.2 Å². The monoisotopic (exact) mass is 396 g/mol. The van der Waals surface area contributed by atoms with E-state index in [2.05, 4.69) is 74.4 Å². The van der Waals surface area contributed by atoms with E-state index >= 15 is 0 Å². The first kappa shape index (κ1) is 23.3. The van der Waals surface area contributed by atoms with Crippen LogP contribution in [-0.2, 0) is 23.7 Å². The first-order chi connectivity index (χ1) is 13.3. The molecule has 2 aromatic carbocycles. The van der Waals surface area contributed by atoms with Gasteiger partial charge in [-0.3, -0.25) is 0 Å². The molecule has 0 unspecified atom stereocenters. The Labute approximate surface area is 178 Å². The van der Waals surface area contributed by atoms with Gasteiger partial charge in [0.2, 0.25) is 0 Å². The van der Waals surface area contributed by atoms with Crippen molar-refractivity contribution >= 4 is 0 Å². The van der Waals surface area contributed by atoms with Crippen LogP contribution in [0.25, 0.3) is 0 Å². The minimum absolute atomic E-state index is 0.123. The second-order valence-corrected chi connectivity index (χ2v) is 10.3. The van der Waals surface area contributed by atoms with Gasteiger partial charge in [0, 0.05) is 5.92 Å². The van der Waals surface area contributed by atoms with E-state index in [1.807, 2.05) is 12.1 Å². The average Bonchev–Trinajstić information content (AvgIpc) is 2.61. The fourth-order valence-corrected chi connectivity index (χ4v) is 4.37. The molecular weight excluding hydrogens is 356 g/mol. The van der Waals surface area contributed by atoms with E-state index in [0.717, 1.165) is 30.4 Å². The molecule has 0 saturated carbocycles. The summed E-state index contributed by atoms with van der Waals surface area (Å²) in [6.45, 7) is 19.4. The van der Waals surface area contributed by atoms with Crippen LogP contribution in [0, 0.1) is 0 Å². The number of aryl methyl sites for hydroxylation is 2. The van der Waals surface area contributed by atoms with Crippen LogP contribution >= 0.6 is 0 Å². The van der Waals surface area contributed by atoms with E-state index in [0.29, 0.717) is 11.5 Å². The number of phenols is 2. The maximum atomic E-state index is 10.7. The minimum atomic E-state index is -0.123. The zero-order valence-corrected chi connectivity index (χ0v) is 19.9. The van der Waals surface area contributed by atoms with Gasteiger partial charge in [-0.1, -0.05) is 74.4 Å². The van der Waals surface area contributed by atoms with Crippen LogP contribution in [-0.4, -0.2) is 10.2 Å². The van der Waals surface area contributed by atoms with Crippen LogP contribution in [0.15, 0.2) is 24.3 Å². The highest BCUT2D eigenvalue weighted by molar-refractivity contribution is 5.53. The van der Waals surface area contributed by atoms with Gasteiger partial charge in [-0.05, 0) is 75.6 Å². The van der Waals surface area contributed by atoms with E-state index < -0.39 is 0 Å². The topological polar surface area (TPSA) is 40.5 Å². The largest absolute Gasteiger partial charge is 0.508 e. The van der Waals surface area contributed by atoms with Crippen LogP contribution in [0.4, 0.5) is 0 Å². The lowest BCUT2D eigenvalue weighted by molar-refractivity contribution is 0.444.